The van der Waals surface area contributed by atoms with Crippen LogP contribution in [0, 0.1) is 0 Å². The molecule has 0 atom stereocenters. The smallest absolute Gasteiger partial charge is 0.262 e. The van der Waals surface area contributed by atoms with Crippen LogP contribution in [0.4, 0.5) is 0 Å². The highest BCUT2D eigenvalue weighted by molar-refractivity contribution is 7.98. The number of carbonyl (C=O) groups excluding carboxylic acids is 1. The summed E-state index contributed by atoms with van der Waals surface area (Å²) in [4.78, 5) is 31.6. The largest absolute Gasteiger partial charge is 0.339 e. The molecule has 4 aromatic rings. The zero-order valence-corrected chi connectivity index (χ0v) is 18.0. The molecular formula is C22H22N6O2S. The number of thioether (sulfide) groups is 1. The molecule has 3 aromatic heterocycles. The van der Waals surface area contributed by atoms with E-state index in [0.717, 1.165) is 42.3 Å². The summed E-state index contributed by atoms with van der Waals surface area (Å²) in [5.41, 5.74) is 1.36. The van der Waals surface area contributed by atoms with E-state index in [1.54, 1.807) is 10.8 Å². The number of aromatic nitrogens is 5. The summed E-state index contributed by atoms with van der Waals surface area (Å²) in [6.45, 7) is 4.10. The lowest BCUT2D eigenvalue weighted by Gasteiger charge is -2.14. The number of carbonyl (C=O) groups is 1. The van der Waals surface area contributed by atoms with Crippen molar-refractivity contribution >= 4 is 34.3 Å². The molecule has 0 unspecified atom stereocenters. The summed E-state index contributed by atoms with van der Waals surface area (Å²) in [7, 11) is 0. The number of benzene rings is 1. The molecule has 0 radical (unpaired) electrons. The maximum Gasteiger partial charge on any atom is 0.262 e. The van der Waals surface area contributed by atoms with Gasteiger partial charge in [0.25, 0.3) is 11.5 Å². The lowest BCUT2D eigenvalue weighted by molar-refractivity contribution is 0.0792. The molecule has 1 aliphatic heterocycles. The minimum absolute atomic E-state index is 0.0500. The average Bonchev–Trinajstić information content (AvgIpc) is 3.49. The van der Waals surface area contributed by atoms with Crippen LogP contribution in [0.15, 0.2) is 52.4 Å². The summed E-state index contributed by atoms with van der Waals surface area (Å²) in [5, 5.41) is 10.1. The summed E-state index contributed by atoms with van der Waals surface area (Å²) in [6, 6.07) is 11.2. The first kappa shape index (κ1) is 19.7. The van der Waals surface area contributed by atoms with Crippen LogP contribution in [0.1, 0.15) is 35.9 Å². The van der Waals surface area contributed by atoms with Crippen molar-refractivity contribution in [3.63, 3.8) is 0 Å². The summed E-state index contributed by atoms with van der Waals surface area (Å²) < 4.78 is 3.58. The average molecular weight is 435 g/mol. The molecule has 0 spiro atoms. The first-order chi connectivity index (χ1) is 15.2. The van der Waals surface area contributed by atoms with Crippen molar-refractivity contribution in [1.82, 2.24) is 29.0 Å². The van der Waals surface area contributed by atoms with Gasteiger partial charge in [0.15, 0.2) is 0 Å². The second-order valence-electron chi connectivity index (χ2n) is 7.49. The van der Waals surface area contributed by atoms with Crippen molar-refractivity contribution in [3.8, 4) is 0 Å². The third-order valence-corrected chi connectivity index (χ3v) is 6.56. The van der Waals surface area contributed by atoms with Crippen LogP contribution in [-0.2, 0) is 12.3 Å². The van der Waals surface area contributed by atoms with E-state index in [1.165, 1.54) is 11.8 Å². The van der Waals surface area contributed by atoms with E-state index in [1.807, 2.05) is 52.6 Å². The quantitative estimate of drug-likeness (QED) is 0.449. The number of likely N-dealkylation sites (tertiary alicyclic amines) is 1. The van der Waals surface area contributed by atoms with Crippen molar-refractivity contribution in [3.05, 3.63) is 64.3 Å². The SMILES string of the molecule is CCn1c(=O)c2ccccc2n2c(CSc3ccc(C(=O)N4CCCC4)cn3)nnc12. The topological polar surface area (TPSA) is 85.4 Å². The highest BCUT2D eigenvalue weighted by atomic mass is 32.2. The van der Waals surface area contributed by atoms with Crippen LogP contribution in [0.2, 0.25) is 0 Å². The molecule has 8 nitrogen and oxygen atoms in total. The predicted octanol–water partition coefficient (Wildman–Crippen LogP) is 2.99. The fraction of sp³-hybridized carbons (Fsp3) is 0.318. The first-order valence-electron chi connectivity index (χ1n) is 10.4. The molecule has 4 heterocycles. The van der Waals surface area contributed by atoms with Gasteiger partial charge in [-0.1, -0.05) is 23.9 Å². The molecule has 1 fully saturated rings. The van der Waals surface area contributed by atoms with Gasteiger partial charge in [0, 0.05) is 25.8 Å². The Kier molecular flexibility index (Phi) is 5.19. The van der Waals surface area contributed by atoms with E-state index in [2.05, 4.69) is 15.2 Å². The number of hydrogen-bond donors (Lipinski definition) is 0. The number of rotatable bonds is 5. The molecule has 9 heteroatoms. The molecule has 5 rings (SSSR count). The van der Waals surface area contributed by atoms with Crippen molar-refractivity contribution in [1.29, 1.82) is 0 Å². The lowest BCUT2D eigenvalue weighted by Crippen LogP contribution is -2.27. The van der Waals surface area contributed by atoms with Crippen molar-refractivity contribution < 1.29 is 4.79 Å². The molecule has 158 valence electrons. The van der Waals surface area contributed by atoms with Crippen LogP contribution in [0.3, 0.4) is 0 Å². The minimum Gasteiger partial charge on any atom is -0.339 e. The second-order valence-corrected chi connectivity index (χ2v) is 8.49. The van der Waals surface area contributed by atoms with E-state index >= 15 is 0 Å². The third-order valence-electron chi connectivity index (χ3n) is 5.62. The second kappa shape index (κ2) is 8.14. The standard InChI is InChI=1S/C22H22N6O2S/c1-2-27-21(30)16-7-3-4-8-17(16)28-18(24-25-22(27)28)14-31-19-10-9-15(13-23-19)20(29)26-11-5-6-12-26/h3-4,7-10,13H,2,5-6,11-12,14H2,1H3. The molecule has 0 aliphatic carbocycles. The van der Waals surface area contributed by atoms with Crippen LogP contribution < -0.4 is 5.56 Å². The Hall–Kier alpha value is -3.20. The Balaban J connectivity index is 1.42. The summed E-state index contributed by atoms with van der Waals surface area (Å²) in [5.74, 6) is 1.88. The Bertz CT molecular complexity index is 1320. The fourth-order valence-corrected chi connectivity index (χ4v) is 4.78. The normalized spacial score (nSPS) is 14.0. The maximum atomic E-state index is 12.8. The van der Waals surface area contributed by atoms with Gasteiger partial charge in [-0.25, -0.2) is 4.98 Å². The van der Waals surface area contributed by atoms with Gasteiger partial charge >= 0.3 is 0 Å². The fourth-order valence-electron chi connectivity index (χ4n) is 4.03. The van der Waals surface area contributed by atoms with Gasteiger partial charge in [-0.2, -0.15) is 0 Å². The van der Waals surface area contributed by atoms with E-state index < -0.39 is 0 Å². The summed E-state index contributed by atoms with van der Waals surface area (Å²) in [6.07, 6.45) is 3.79. The highest BCUT2D eigenvalue weighted by Crippen LogP contribution is 2.23. The summed E-state index contributed by atoms with van der Waals surface area (Å²) >= 11 is 1.53. The van der Waals surface area contributed by atoms with Gasteiger partial charge in [0.1, 0.15) is 5.82 Å². The Morgan fingerprint density at radius 3 is 2.65 bits per heavy atom. The Labute approximate surface area is 182 Å². The van der Waals surface area contributed by atoms with E-state index in [4.69, 9.17) is 0 Å². The van der Waals surface area contributed by atoms with Gasteiger partial charge in [-0.05, 0) is 44.0 Å². The molecule has 1 saturated heterocycles. The molecule has 0 saturated carbocycles. The molecule has 0 bridgehead atoms. The number of nitrogens with zero attached hydrogens (tertiary/aromatic N) is 6. The van der Waals surface area contributed by atoms with Gasteiger partial charge in [-0.3, -0.25) is 18.6 Å². The van der Waals surface area contributed by atoms with Gasteiger partial charge in [0.05, 0.1) is 27.2 Å². The van der Waals surface area contributed by atoms with Crippen LogP contribution in [0.5, 0.6) is 0 Å². The number of pyridine rings is 1. The van der Waals surface area contributed by atoms with Gasteiger partial charge < -0.3 is 4.90 Å². The number of aryl methyl sites for hydroxylation is 1. The minimum atomic E-state index is -0.0582. The van der Waals surface area contributed by atoms with Crippen molar-refractivity contribution in [2.24, 2.45) is 0 Å². The molecule has 1 aliphatic rings. The van der Waals surface area contributed by atoms with Gasteiger partial charge in [-0.15, -0.1) is 10.2 Å². The van der Waals surface area contributed by atoms with Crippen molar-refractivity contribution in [2.75, 3.05) is 13.1 Å². The number of para-hydroxylation sites is 1. The maximum absolute atomic E-state index is 12.8. The van der Waals surface area contributed by atoms with Gasteiger partial charge in [0.2, 0.25) is 5.78 Å². The zero-order valence-electron chi connectivity index (χ0n) is 17.2. The predicted molar refractivity (Wildman–Crippen MR) is 119 cm³/mol. The van der Waals surface area contributed by atoms with Crippen LogP contribution in [-0.4, -0.2) is 48.0 Å². The third kappa shape index (κ3) is 3.48. The molecule has 1 amide bonds. The van der Waals surface area contributed by atoms with E-state index in [9.17, 15) is 9.59 Å². The van der Waals surface area contributed by atoms with Crippen LogP contribution >= 0.6 is 11.8 Å². The lowest BCUT2D eigenvalue weighted by atomic mass is 10.2. The Morgan fingerprint density at radius 1 is 1.10 bits per heavy atom. The molecular weight excluding hydrogens is 412 g/mol. The van der Waals surface area contributed by atoms with E-state index in [-0.39, 0.29) is 11.5 Å². The first-order valence-corrected chi connectivity index (χ1v) is 11.4. The monoisotopic (exact) mass is 434 g/mol. The highest BCUT2D eigenvalue weighted by Gasteiger charge is 2.20. The zero-order chi connectivity index (χ0) is 21.4. The Morgan fingerprint density at radius 2 is 1.90 bits per heavy atom. The molecule has 0 N–H and O–H groups in total. The molecule has 31 heavy (non-hydrogen) atoms. The number of amides is 1. The number of fused-ring (bicyclic) bond motifs is 3. The van der Waals surface area contributed by atoms with Crippen molar-refractivity contribution in [2.45, 2.75) is 37.1 Å². The molecule has 1 aromatic carbocycles. The van der Waals surface area contributed by atoms with E-state index in [0.29, 0.717) is 29.0 Å². The van der Waals surface area contributed by atoms with Crippen LogP contribution in [0.25, 0.3) is 16.7 Å². The number of hydrogen-bond acceptors (Lipinski definition) is 6.